The van der Waals surface area contributed by atoms with Gasteiger partial charge in [0.05, 0.1) is 18.5 Å². The van der Waals surface area contributed by atoms with Gasteiger partial charge in [-0.1, -0.05) is 6.92 Å². The van der Waals surface area contributed by atoms with Crippen molar-refractivity contribution in [2.45, 2.75) is 25.9 Å². The molecule has 0 amide bonds. The van der Waals surface area contributed by atoms with E-state index in [1.54, 1.807) is 6.92 Å². The lowest BCUT2D eigenvalue weighted by molar-refractivity contribution is 0.0603. The topological polar surface area (TPSA) is 75.6 Å². The van der Waals surface area contributed by atoms with Crippen LogP contribution < -0.4 is 4.72 Å². The summed E-state index contributed by atoms with van der Waals surface area (Å²) in [4.78, 5) is 0. The summed E-state index contributed by atoms with van der Waals surface area (Å²) in [6.45, 7) is 2.29. The lowest BCUT2D eigenvalue weighted by Crippen LogP contribution is -2.30. The van der Waals surface area contributed by atoms with Gasteiger partial charge in [-0.3, -0.25) is 0 Å². The Morgan fingerprint density at radius 1 is 1.50 bits per heavy atom. The second kappa shape index (κ2) is 7.17. The normalized spacial score (nSPS) is 14.2. The molecule has 0 aromatic carbocycles. The molecule has 0 saturated heterocycles. The summed E-state index contributed by atoms with van der Waals surface area (Å²) < 4.78 is 29.4. The average molecular weight is 225 g/mol. The minimum Gasteiger partial charge on any atom is -0.391 e. The Labute approximate surface area is 85.5 Å². The van der Waals surface area contributed by atoms with Crippen LogP contribution in [0.2, 0.25) is 0 Å². The van der Waals surface area contributed by atoms with Crippen molar-refractivity contribution in [1.82, 2.24) is 4.72 Å². The predicted octanol–water partition coefficient (Wildman–Crippen LogP) is -0.287. The Kier molecular flexibility index (Phi) is 7.08. The van der Waals surface area contributed by atoms with Gasteiger partial charge in [-0.25, -0.2) is 13.1 Å². The molecule has 0 saturated carbocycles. The number of rotatable bonds is 8. The third-order valence-corrected chi connectivity index (χ3v) is 3.22. The fourth-order valence-corrected chi connectivity index (χ4v) is 2.11. The van der Waals surface area contributed by atoms with Crippen molar-refractivity contribution in [3.8, 4) is 0 Å². The Morgan fingerprint density at radius 2 is 2.14 bits per heavy atom. The third kappa shape index (κ3) is 7.25. The van der Waals surface area contributed by atoms with E-state index in [0.29, 0.717) is 12.8 Å². The van der Waals surface area contributed by atoms with Gasteiger partial charge in [0, 0.05) is 13.7 Å². The number of aliphatic hydroxyl groups is 1. The van der Waals surface area contributed by atoms with Gasteiger partial charge in [-0.05, 0) is 12.8 Å². The number of aliphatic hydroxyl groups excluding tert-OH is 1. The van der Waals surface area contributed by atoms with E-state index in [0.717, 1.165) is 0 Å². The van der Waals surface area contributed by atoms with Gasteiger partial charge in [0.1, 0.15) is 0 Å². The van der Waals surface area contributed by atoms with E-state index in [-0.39, 0.29) is 18.9 Å². The van der Waals surface area contributed by atoms with Crippen LogP contribution >= 0.6 is 0 Å². The zero-order chi connectivity index (χ0) is 11.0. The summed E-state index contributed by atoms with van der Waals surface area (Å²) in [7, 11) is -1.65. The monoisotopic (exact) mass is 225 g/mol. The van der Waals surface area contributed by atoms with Crippen LogP contribution in [0, 0.1) is 0 Å². The standard InChI is InChI=1S/C8H19NO4S/c1-3-6-14(11,12)9-5-4-8(10)7-13-2/h8-10H,3-7H2,1-2H3. The van der Waals surface area contributed by atoms with E-state index < -0.39 is 16.1 Å². The van der Waals surface area contributed by atoms with E-state index in [4.69, 9.17) is 4.74 Å². The number of methoxy groups -OCH3 is 1. The highest BCUT2D eigenvalue weighted by atomic mass is 32.2. The van der Waals surface area contributed by atoms with Crippen LogP contribution in [0.15, 0.2) is 0 Å². The third-order valence-electron chi connectivity index (χ3n) is 1.63. The molecule has 86 valence electrons. The van der Waals surface area contributed by atoms with Gasteiger partial charge in [0.2, 0.25) is 10.0 Å². The first kappa shape index (κ1) is 13.8. The highest BCUT2D eigenvalue weighted by molar-refractivity contribution is 7.89. The molecule has 6 heteroatoms. The lowest BCUT2D eigenvalue weighted by atomic mass is 10.3. The van der Waals surface area contributed by atoms with Crippen LogP contribution in [0.1, 0.15) is 19.8 Å². The molecule has 0 bridgehead atoms. The Hall–Kier alpha value is -0.170. The first-order valence-electron chi connectivity index (χ1n) is 4.66. The molecule has 0 aromatic rings. The molecular weight excluding hydrogens is 206 g/mol. The zero-order valence-electron chi connectivity index (χ0n) is 8.69. The first-order valence-corrected chi connectivity index (χ1v) is 6.31. The minimum absolute atomic E-state index is 0.132. The molecule has 0 aliphatic carbocycles. The number of nitrogens with one attached hydrogen (secondary N) is 1. The van der Waals surface area contributed by atoms with Crippen molar-refractivity contribution in [3.63, 3.8) is 0 Å². The van der Waals surface area contributed by atoms with Gasteiger partial charge in [-0.2, -0.15) is 0 Å². The molecule has 0 fully saturated rings. The van der Waals surface area contributed by atoms with Gasteiger partial charge in [0.15, 0.2) is 0 Å². The largest absolute Gasteiger partial charge is 0.391 e. The molecule has 14 heavy (non-hydrogen) atoms. The highest BCUT2D eigenvalue weighted by Crippen LogP contribution is 1.93. The SMILES string of the molecule is CCCS(=O)(=O)NCCC(O)COC. The minimum atomic E-state index is -3.14. The molecule has 0 aliphatic heterocycles. The van der Waals surface area contributed by atoms with Crippen LogP contribution in [0.4, 0.5) is 0 Å². The molecule has 5 nitrogen and oxygen atoms in total. The van der Waals surface area contributed by atoms with E-state index in [1.807, 2.05) is 0 Å². The molecule has 0 heterocycles. The van der Waals surface area contributed by atoms with Crippen molar-refractivity contribution < 1.29 is 18.3 Å². The predicted molar refractivity (Wildman–Crippen MR) is 54.6 cm³/mol. The van der Waals surface area contributed by atoms with Crippen LogP contribution in [-0.4, -0.2) is 45.6 Å². The van der Waals surface area contributed by atoms with Crippen molar-refractivity contribution in [3.05, 3.63) is 0 Å². The van der Waals surface area contributed by atoms with E-state index in [2.05, 4.69) is 4.72 Å². The summed E-state index contributed by atoms with van der Waals surface area (Å²) in [5.41, 5.74) is 0. The fourth-order valence-electron chi connectivity index (χ4n) is 0.998. The lowest BCUT2D eigenvalue weighted by Gasteiger charge is -2.09. The molecule has 1 atom stereocenters. The van der Waals surface area contributed by atoms with Crippen molar-refractivity contribution >= 4 is 10.0 Å². The maximum Gasteiger partial charge on any atom is 0.211 e. The quantitative estimate of drug-likeness (QED) is 0.595. The summed E-state index contributed by atoms with van der Waals surface area (Å²) in [6, 6.07) is 0. The average Bonchev–Trinajstić information content (AvgIpc) is 2.03. The Morgan fingerprint density at radius 3 is 2.64 bits per heavy atom. The van der Waals surface area contributed by atoms with Gasteiger partial charge < -0.3 is 9.84 Å². The summed E-state index contributed by atoms with van der Waals surface area (Å²) in [6.07, 6.45) is 0.358. The van der Waals surface area contributed by atoms with Crippen molar-refractivity contribution in [1.29, 1.82) is 0 Å². The molecule has 1 unspecified atom stereocenters. The maximum absolute atomic E-state index is 11.1. The number of hydrogen-bond acceptors (Lipinski definition) is 4. The van der Waals surface area contributed by atoms with Gasteiger partial charge >= 0.3 is 0 Å². The van der Waals surface area contributed by atoms with E-state index in [9.17, 15) is 13.5 Å². The van der Waals surface area contributed by atoms with Gasteiger partial charge in [0.25, 0.3) is 0 Å². The van der Waals surface area contributed by atoms with Crippen LogP contribution in [0.25, 0.3) is 0 Å². The zero-order valence-corrected chi connectivity index (χ0v) is 9.51. The van der Waals surface area contributed by atoms with Gasteiger partial charge in [-0.15, -0.1) is 0 Å². The molecular formula is C8H19NO4S. The Balaban J connectivity index is 3.63. The molecule has 0 spiro atoms. The fraction of sp³-hybridized carbons (Fsp3) is 1.00. The number of hydrogen-bond donors (Lipinski definition) is 2. The van der Waals surface area contributed by atoms with Crippen LogP contribution in [0.5, 0.6) is 0 Å². The number of ether oxygens (including phenoxy) is 1. The molecule has 0 radical (unpaired) electrons. The van der Waals surface area contributed by atoms with Crippen molar-refractivity contribution in [2.75, 3.05) is 26.0 Å². The number of sulfonamides is 1. The second-order valence-electron chi connectivity index (χ2n) is 3.11. The first-order chi connectivity index (χ1) is 6.52. The molecule has 0 rings (SSSR count). The molecule has 2 N–H and O–H groups in total. The summed E-state index contributed by atoms with van der Waals surface area (Å²) >= 11 is 0. The summed E-state index contributed by atoms with van der Waals surface area (Å²) in [5.74, 6) is 0.132. The van der Waals surface area contributed by atoms with Crippen molar-refractivity contribution in [2.24, 2.45) is 0 Å². The van der Waals surface area contributed by atoms with Crippen LogP contribution in [0.3, 0.4) is 0 Å². The van der Waals surface area contributed by atoms with E-state index in [1.165, 1.54) is 7.11 Å². The molecule has 0 aromatic heterocycles. The highest BCUT2D eigenvalue weighted by Gasteiger charge is 2.09. The second-order valence-corrected chi connectivity index (χ2v) is 5.04. The van der Waals surface area contributed by atoms with Crippen LogP contribution in [-0.2, 0) is 14.8 Å². The molecule has 0 aliphatic rings. The Bertz CT molecular complexity index is 227. The maximum atomic E-state index is 11.1. The summed E-state index contributed by atoms with van der Waals surface area (Å²) in [5, 5.41) is 9.22. The smallest absolute Gasteiger partial charge is 0.211 e. The van der Waals surface area contributed by atoms with E-state index >= 15 is 0 Å².